The van der Waals surface area contributed by atoms with Gasteiger partial charge in [0.2, 0.25) is 5.95 Å². The fraction of sp³-hybridized carbons (Fsp3) is 0.227. The normalized spacial score (nSPS) is 13.6. The number of rotatable bonds is 7. The summed E-state index contributed by atoms with van der Waals surface area (Å²) in [4.78, 5) is 16.4. The summed E-state index contributed by atoms with van der Waals surface area (Å²) in [6, 6.07) is 9.54. The summed E-state index contributed by atoms with van der Waals surface area (Å²) in [6.45, 7) is 0. The zero-order chi connectivity index (χ0) is 21.2. The Morgan fingerprint density at radius 2 is 1.97 bits per heavy atom. The van der Waals surface area contributed by atoms with Crippen molar-refractivity contribution in [3.05, 3.63) is 53.4 Å². The van der Waals surface area contributed by atoms with Crippen LogP contribution in [0.5, 0.6) is 11.5 Å². The first kappa shape index (κ1) is 19.6. The van der Waals surface area contributed by atoms with Gasteiger partial charge in [-0.3, -0.25) is 0 Å². The van der Waals surface area contributed by atoms with Gasteiger partial charge in [-0.1, -0.05) is 0 Å². The lowest BCUT2D eigenvalue weighted by Gasteiger charge is -2.27. The van der Waals surface area contributed by atoms with E-state index in [4.69, 9.17) is 9.47 Å². The molecule has 0 unspecified atom stereocenters. The zero-order valence-corrected chi connectivity index (χ0v) is 18.4. The van der Waals surface area contributed by atoms with Crippen LogP contribution < -0.4 is 20.1 Å². The van der Waals surface area contributed by atoms with Crippen LogP contribution in [0.3, 0.4) is 0 Å². The molecule has 0 radical (unpaired) electrons. The van der Waals surface area contributed by atoms with Gasteiger partial charge < -0.3 is 25.1 Å². The van der Waals surface area contributed by atoms with E-state index in [1.807, 2.05) is 30.5 Å². The highest BCUT2D eigenvalue weighted by atomic mass is 79.9. The second-order valence-electron chi connectivity index (χ2n) is 7.31. The molecule has 3 heterocycles. The second kappa shape index (κ2) is 8.43. The van der Waals surface area contributed by atoms with Crippen LogP contribution in [0.25, 0.3) is 11.0 Å². The molecule has 8 nitrogen and oxygen atoms in total. The Bertz CT molecular complexity index is 1220. The summed E-state index contributed by atoms with van der Waals surface area (Å²) in [5, 5.41) is 7.49. The van der Waals surface area contributed by atoms with Crippen molar-refractivity contribution in [2.45, 2.75) is 25.4 Å². The Kier molecular flexibility index (Phi) is 5.33. The molecule has 0 aliphatic heterocycles. The molecule has 0 spiro atoms. The molecule has 0 bridgehead atoms. The van der Waals surface area contributed by atoms with E-state index in [0.29, 0.717) is 23.6 Å². The molecular formula is C22H21BrN6O2. The molecule has 158 valence electrons. The summed E-state index contributed by atoms with van der Waals surface area (Å²) in [7, 11) is 1.64. The minimum Gasteiger partial charge on any atom is -0.493 e. The van der Waals surface area contributed by atoms with Crippen molar-refractivity contribution in [3.63, 3.8) is 0 Å². The summed E-state index contributed by atoms with van der Waals surface area (Å²) >= 11 is 3.52. The highest BCUT2D eigenvalue weighted by Crippen LogP contribution is 2.35. The third kappa shape index (κ3) is 4.27. The topological polar surface area (TPSA) is 97.0 Å². The molecule has 1 fully saturated rings. The largest absolute Gasteiger partial charge is 0.493 e. The molecule has 1 aliphatic rings. The molecule has 4 aromatic rings. The van der Waals surface area contributed by atoms with E-state index in [2.05, 4.69) is 46.5 Å². The molecular weight excluding hydrogens is 460 g/mol. The fourth-order valence-electron chi connectivity index (χ4n) is 3.32. The van der Waals surface area contributed by atoms with Crippen LogP contribution in [0.1, 0.15) is 19.3 Å². The molecule has 0 atom stereocenters. The van der Waals surface area contributed by atoms with Crippen LogP contribution >= 0.6 is 15.9 Å². The number of aromatic nitrogens is 4. The SMILES string of the molecule is COc1cc(Nc2nccc(Nc3cnc4[nH]cc(Br)c4c3)n2)ccc1OC1CCC1. The maximum absolute atomic E-state index is 5.99. The monoisotopic (exact) mass is 480 g/mol. The van der Waals surface area contributed by atoms with Gasteiger partial charge >= 0.3 is 0 Å². The van der Waals surface area contributed by atoms with Gasteiger partial charge in [0.25, 0.3) is 0 Å². The molecule has 0 amide bonds. The summed E-state index contributed by atoms with van der Waals surface area (Å²) < 4.78 is 12.5. The molecule has 1 aliphatic carbocycles. The van der Waals surface area contributed by atoms with Gasteiger partial charge in [0.05, 0.1) is 25.1 Å². The molecule has 0 saturated heterocycles. The molecule has 1 saturated carbocycles. The zero-order valence-electron chi connectivity index (χ0n) is 16.9. The number of anilines is 4. The lowest BCUT2D eigenvalue weighted by atomic mass is 9.96. The third-order valence-electron chi connectivity index (χ3n) is 5.17. The van der Waals surface area contributed by atoms with Crippen molar-refractivity contribution < 1.29 is 9.47 Å². The Hall–Kier alpha value is -3.33. The average Bonchev–Trinajstić information content (AvgIpc) is 3.12. The van der Waals surface area contributed by atoms with Gasteiger partial charge in [0.15, 0.2) is 11.5 Å². The number of fused-ring (bicyclic) bond motifs is 1. The van der Waals surface area contributed by atoms with Crippen molar-refractivity contribution >= 4 is 50.1 Å². The van der Waals surface area contributed by atoms with Gasteiger partial charge in [-0.05, 0) is 59.5 Å². The summed E-state index contributed by atoms with van der Waals surface area (Å²) in [5.41, 5.74) is 2.46. The van der Waals surface area contributed by atoms with Gasteiger partial charge in [0.1, 0.15) is 11.5 Å². The maximum Gasteiger partial charge on any atom is 0.229 e. The number of pyridine rings is 1. The molecule has 5 rings (SSSR count). The second-order valence-corrected chi connectivity index (χ2v) is 8.16. The van der Waals surface area contributed by atoms with E-state index in [9.17, 15) is 0 Å². The Morgan fingerprint density at radius 3 is 2.77 bits per heavy atom. The predicted octanol–water partition coefficient (Wildman–Crippen LogP) is 5.54. The standard InChI is InChI=1S/C22H21BrN6O2/c1-30-19-10-13(5-6-18(19)31-15-3-2-4-15)28-22-24-8-7-20(29-22)27-14-9-16-17(23)12-26-21(16)25-11-14/h5-12,15H,2-4H2,1H3,(H,25,26)(H2,24,27,28,29). The number of nitrogens with one attached hydrogen (secondary N) is 3. The summed E-state index contributed by atoms with van der Waals surface area (Å²) in [6.07, 6.45) is 9.03. The van der Waals surface area contributed by atoms with Crippen LogP contribution in [-0.2, 0) is 0 Å². The number of halogens is 1. The van der Waals surface area contributed by atoms with E-state index >= 15 is 0 Å². The predicted molar refractivity (Wildman–Crippen MR) is 124 cm³/mol. The first-order chi connectivity index (χ1) is 15.2. The van der Waals surface area contributed by atoms with Crippen LogP contribution in [0, 0.1) is 0 Å². The molecule has 3 N–H and O–H groups in total. The minimum atomic E-state index is 0.291. The van der Waals surface area contributed by atoms with E-state index < -0.39 is 0 Å². The Balaban J connectivity index is 1.32. The van der Waals surface area contributed by atoms with Crippen molar-refractivity contribution in [2.24, 2.45) is 0 Å². The highest BCUT2D eigenvalue weighted by Gasteiger charge is 2.20. The lowest BCUT2D eigenvalue weighted by Crippen LogP contribution is -2.24. The van der Waals surface area contributed by atoms with Crippen molar-refractivity contribution in [2.75, 3.05) is 17.7 Å². The van der Waals surface area contributed by atoms with E-state index in [-0.39, 0.29) is 0 Å². The number of hydrogen-bond acceptors (Lipinski definition) is 7. The Labute approximate surface area is 187 Å². The lowest BCUT2D eigenvalue weighted by molar-refractivity contribution is 0.116. The molecule has 9 heteroatoms. The molecule has 1 aromatic carbocycles. The summed E-state index contributed by atoms with van der Waals surface area (Å²) in [5.74, 6) is 2.56. The Morgan fingerprint density at radius 1 is 1.06 bits per heavy atom. The van der Waals surface area contributed by atoms with E-state index in [1.165, 1.54) is 6.42 Å². The number of hydrogen-bond donors (Lipinski definition) is 3. The molecule has 31 heavy (non-hydrogen) atoms. The van der Waals surface area contributed by atoms with Crippen molar-refractivity contribution in [1.29, 1.82) is 0 Å². The number of benzene rings is 1. The average molecular weight is 481 g/mol. The number of ether oxygens (including phenoxy) is 2. The van der Waals surface area contributed by atoms with Crippen LogP contribution in [0.2, 0.25) is 0 Å². The van der Waals surface area contributed by atoms with E-state index in [0.717, 1.165) is 45.5 Å². The number of aromatic amines is 1. The minimum absolute atomic E-state index is 0.291. The third-order valence-corrected chi connectivity index (χ3v) is 5.83. The van der Waals surface area contributed by atoms with E-state index in [1.54, 1.807) is 25.6 Å². The number of H-pyrrole nitrogens is 1. The van der Waals surface area contributed by atoms with Crippen molar-refractivity contribution in [1.82, 2.24) is 19.9 Å². The van der Waals surface area contributed by atoms with Crippen molar-refractivity contribution in [3.8, 4) is 11.5 Å². The first-order valence-electron chi connectivity index (χ1n) is 10.0. The van der Waals surface area contributed by atoms with Gasteiger partial charge in [0, 0.05) is 34.0 Å². The molecule has 3 aromatic heterocycles. The number of methoxy groups -OCH3 is 1. The number of nitrogens with zero attached hydrogens (tertiary/aromatic N) is 3. The van der Waals surface area contributed by atoms with Gasteiger partial charge in [-0.15, -0.1) is 0 Å². The van der Waals surface area contributed by atoms with Crippen LogP contribution in [-0.4, -0.2) is 33.1 Å². The highest BCUT2D eigenvalue weighted by molar-refractivity contribution is 9.10. The maximum atomic E-state index is 5.99. The first-order valence-corrected chi connectivity index (χ1v) is 10.8. The van der Waals surface area contributed by atoms with Crippen LogP contribution in [0.15, 0.2) is 53.4 Å². The quantitative estimate of drug-likeness (QED) is 0.319. The fourth-order valence-corrected chi connectivity index (χ4v) is 3.73. The smallest absolute Gasteiger partial charge is 0.229 e. The van der Waals surface area contributed by atoms with Crippen LogP contribution in [0.4, 0.5) is 23.1 Å². The van der Waals surface area contributed by atoms with Gasteiger partial charge in [-0.2, -0.15) is 4.98 Å². The van der Waals surface area contributed by atoms with Gasteiger partial charge in [-0.25, -0.2) is 9.97 Å².